The summed E-state index contributed by atoms with van der Waals surface area (Å²) in [5, 5.41) is 33.6. The smallest absolute Gasteiger partial charge is 0.0770 e. The molecule has 0 aliphatic rings. The maximum absolute atomic E-state index is 8.61. The van der Waals surface area contributed by atoms with Gasteiger partial charge in [0.05, 0.1) is 12.7 Å². The van der Waals surface area contributed by atoms with E-state index in [4.69, 9.17) is 20.4 Å². The van der Waals surface area contributed by atoms with Crippen LogP contribution in [0.5, 0.6) is 0 Å². The van der Waals surface area contributed by atoms with Crippen LogP contribution in [0.2, 0.25) is 0 Å². The molecule has 0 aromatic heterocycles. The van der Waals surface area contributed by atoms with Gasteiger partial charge in [0.1, 0.15) is 0 Å². The van der Waals surface area contributed by atoms with E-state index in [1.54, 1.807) is 0 Å². The maximum atomic E-state index is 8.61. The molecule has 0 saturated carbocycles. The van der Waals surface area contributed by atoms with Crippen LogP contribution in [0.1, 0.15) is 39.5 Å². The third kappa shape index (κ3) is 16.5. The van der Waals surface area contributed by atoms with Crippen LogP contribution in [0.3, 0.4) is 0 Å². The number of hydrogen-bond donors (Lipinski definition) is 4. The highest BCUT2D eigenvalue weighted by atomic mass is 16.3. The van der Waals surface area contributed by atoms with Crippen molar-refractivity contribution in [1.29, 1.82) is 0 Å². The van der Waals surface area contributed by atoms with E-state index in [0.717, 1.165) is 19.3 Å². The first kappa shape index (κ1) is 17.2. The minimum Gasteiger partial charge on any atom is -0.396 e. The molecule has 0 aromatic rings. The van der Waals surface area contributed by atoms with Crippen LogP contribution in [-0.2, 0) is 0 Å². The van der Waals surface area contributed by atoms with Gasteiger partial charge in [-0.05, 0) is 25.2 Å². The lowest BCUT2D eigenvalue weighted by atomic mass is 10.1. The molecule has 0 spiro atoms. The predicted octanol–water partition coefficient (Wildman–Crippen LogP) is 0.527. The summed E-state index contributed by atoms with van der Waals surface area (Å²) in [6.07, 6.45) is 2.75. The number of rotatable bonds is 7. The summed E-state index contributed by atoms with van der Waals surface area (Å²) in [6.45, 7) is 4.36. The van der Waals surface area contributed by atoms with Gasteiger partial charge in [0.25, 0.3) is 0 Å². The van der Waals surface area contributed by atoms with E-state index >= 15 is 0 Å². The first-order chi connectivity index (χ1) is 7.12. The van der Waals surface area contributed by atoms with Crippen molar-refractivity contribution in [1.82, 2.24) is 0 Å². The van der Waals surface area contributed by atoms with Crippen LogP contribution in [-0.4, -0.2) is 46.4 Å². The van der Waals surface area contributed by atoms with Crippen LogP contribution in [0.15, 0.2) is 0 Å². The normalized spacial score (nSPS) is 12.2. The first-order valence-electron chi connectivity index (χ1n) is 5.62. The van der Waals surface area contributed by atoms with Gasteiger partial charge in [-0.3, -0.25) is 0 Å². The quantitative estimate of drug-likeness (QED) is 0.506. The predicted molar refractivity (Wildman–Crippen MR) is 60.6 cm³/mol. The van der Waals surface area contributed by atoms with Crippen molar-refractivity contribution in [3.05, 3.63) is 0 Å². The zero-order valence-corrected chi connectivity index (χ0v) is 9.89. The Labute approximate surface area is 92.6 Å². The standard InChI is InChI=1S/C6H14O2.C5H12O2/c1-6(2-4-7)3-5-8;1-2-3-5(7)4-6/h6-8H,2-5H2,1H3;5-7H,2-4H2,1H3. The van der Waals surface area contributed by atoms with Crippen LogP contribution in [0.25, 0.3) is 0 Å². The molecule has 0 radical (unpaired) electrons. The molecule has 0 saturated heterocycles. The van der Waals surface area contributed by atoms with Gasteiger partial charge < -0.3 is 20.4 Å². The molecular formula is C11H26O4. The van der Waals surface area contributed by atoms with Crippen molar-refractivity contribution < 1.29 is 20.4 Å². The van der Waals surface area contributed by atoms with E-state index in [2.05, 4.69) is 0 Å². The molecule has 4 heteroatoms. The molecule has 1 unspecified atom stereocenters. The topological polar surface area (TPSA) is 80.9 Å². The molecule has 94 valence electrons. The van der Waals surface area contributed by atoms with Crippen molar-refractivity contribution >= 4 is 0 Å². The van der Waals surface area contributed by atoms with Gasteiger partial charge in [-0.25, -0.2) is 0 Å². The summed E-state index contributed by atoms with van der Waals surface area (Å²) >= 11 is 0. The summed E-state index contributed by atoms with van der Waals surface area (Å²) in [4.78, 5) is 0. The molecule has 0 aromatic carbocycles. The fourth-order valence-corrected chi connectivity index (χ4v) is 1.01. The zero-order valence-electron chi connectivity index (χ0n) is 9.89. The summed E-state index contributed by atoms with van der Waals surface area (Å²) in [6, 6.07) is 0. The monoisotopic (exact) mass is 222 g/mol. The second-order valence-corrected chi connectivity index (χ2v) is 3.75. The Bertz CT molecular complexity index is 103. The van der Waals surface area contributed by atoms with E-state index in [9.17, 15) is 0 Å². The van der Waals surface area contributed by atoms with Gasteiger partial charge in [0.2, 0.25) is 0 Å². The lowest BCUT2D eigenvalue weighted by molar-refractivity contribution is 0.0877. The molecule has 4 N–H and O–H groups in total. The van der Waals surface area contributed by atoms with Crippen molar-refractivity contribution in [3.63, 3.8) is 0 Å². The zero-order chi connectivity index (χ0) is 12.1. The molecule has 0 bridgehead atoms. The molecule has 0 rings (SSSR count). The molecule has 4 nitrogen and oxygen atoms in total. The molecule has 0 fully saturated rings. The average Bonchev–Trinajstić information content (AvgIpc) is 2.20. The highest BCUT2D eigenvalue weighted by Crippen LogP contribution is 2.03. The second kappa shape index (κ2) is 13.8. The van der Waals surface area contributed by atoms with E-state index in [1.807, 2.05) is 13.8 Å². The van der Waals surface area contributed by atoms with Crippen molar-refractivity contribution in [2.45, 2.75) is 45.6 Å². The first-order valence-corrected chi connectivity index (χ1v) is 5.62. The van der Waals surface area contributed by atoms with Crippen LogP contribution < -0.4 is 0 Å². The third-order valence-electron chi connectivity index (χ3n) is 2.08. The SMILES string of the molecule is CC(CCO)CCO.CCCC(O)CO. The minimum atomic E-state index is -0.495. The molecular weight excluding hydrogens is 196 g/mol. The molecule has 0 amide bonds. The van der Waals surface area contributed by atoms with Gasteiger partial charge in [0.15, 0.2) is 0 Å². The molecule has 0 aliphatic carbocycles. The van der Waals surface area contributed by atoms with Crippen LogP contribution >= 0.6 is 0 Å². The highest BCUT2D eigenvalue weighted by molar-refractivity contribution is 4.49. The van der Waals surface area contributed by atoms with Crippen molar-refractivity contribution in [2.24, 2.45) is 5.92 Å². The number of aliphatic hydroxyl groups excluding tert-OH is 4. The lowest BCUT2D eigenvalue weighted by Gasteiger charge is -2.04. The Morgan fingerprint density at radius 2 is 1.40 bits per heavy atom. The fourth-order valence-electron chi connectivity index (χ4n) is 1.01. The molecule has 0 heterocycles. The van der Waals surface area contributed by atoms with E-state index in [0.29, 0.717) is 12.3 Å². The van der Waals surface area contributed by atoms with Crippen molar-refractivity contribution in [3.8, 4) is 0 Å². The fraction of sp³-hybridized carbons (Fsp3) is 1.00. The molecule has 15 heavy (non-hydrogen) atoms. The number of hydrogen-bond acceptors (Lipinski definition) is 4. The summed E-state index contributed by atoms with van der Waals surface area (Å²) < 4.78 is 0. The third-order valence-corrected chi connectivity index (χ3v) is 2.08. The van der Waals surface area contributed by atoms with Gasteiger partial charge in [-0.2, -0.15) is 0 Å². The summed E-state index contributed by atoms with van der Waals surface area (Å²) in [7, 11) is 0. The maximum Gasteiger partial charge on any atom is 0.0770 e. The van der Waals surface area contributed by atoms with Gasteiger partial charge >= 0.3 is 0 Å². The second-order valence-electron chi connectivity index (χ2n) is 3.75. The Balaban J connectivity index is 0. The van der Waals surface area contributed by atoms with Crippen LogP contribution in [0, 0.1) is 5.92 Å². The Morgan fingerprint density at radius 3 is 1.60 bits per heavy atom. The van der Waals surface area contributed by atoms with Gasteiger partial charge in [-0.1, -0.05) is 20.3 Å². The average molecular weight is 222 g/mol. The summed E-state index contributed by atoms with van der Waals surface area (Å²) in [5.41, 5.74) is 0. The Morgan fingerprint density at radius 1 is 0.933 bits per heavy atom. The molecule has 0 aliphatic heterocycles. The van der Waals surface area contributed by atoms with Crippen LogP contribution in [0.4, 0.5) is 0 Å². The summed E-state index contributed by atoms with van der Waals surface area (Å²) in [5.74, 6) is 0.463. The van der Waals surface area contributed by atoms with E-state index < -0.39 is 6.10 Å². The molecule has 1 atom stereocenters. The minimum absolute atomic E-state index is 0.103. The van der Waals surface area contributed by atoms with Gasteiger partial charge in [-0.15, -0.1) is 0 Å². The van der Waals surface area contributed by atoms with E-state index in [-0.39, 0.29) is 19.8 Å². The Kier molecular flexibility index (Phi) is 15.9. The number of aliphatic hydroxyl groups is 4. The largest absolute Gasteiger partial charge is 0.396 e. The van der Waals surface area contributed by atoms with E-state index in [1.165, 1.54) is 0 Å². The highest BCUT2D eigenvalue weighted by Gasteiger charge is 1.97. The van der Waals surface area contributed by atoms with Crippen molar-refractivity contribution in [2.75, 3.05) is 19.8 Å². The van der Waals surface area contributed by atoms with Gasteiger partial charge in [0, 0.05) is 13.2 Å². The Hall–Kier alpha value is -0.160. The lowest BCUT2D eigenvalue weighted by Crippen LogP contribution is -2.10.